The third kappa shape index (κ3) is 4.63. The van der Waals surface area contributed by atoms with E-state index in [-0.39, 0.29) is 27.1 Å². The van der Waals surface area contributed by atoms with Crippen molar-refractivity contribution in [2.45, 2.75) is 13.5 Å². The van der Waals surface area contributed by atoms with Crippen LogP contribution in [0.2, 0.25) is 10.0 Å². The van der Waals surface area contributed by atoms with Crippen LogP contribution >= 0.6 is 34.5 Å². The molecular weight excluding hydrogens is 468 g/mol. The van der Waals surface area contributed by atoms with Crippen LogP contribution in [0, 0.1) is 12.7 Å². The number of rotatable bonds is 7. The van der Waals surface area contributed by atoms with Crippen molar-refractivity contribution >= 4 is 40.8 Å². The van der Waals surface area contributed by atoms with Gasteiger partial charge in [-0.1, -0.05) is 39.7 Å². The van der Waals surface area contributed by atoms with Crippen LogP contribution in [0.15, 0.2) is 17.3 Å². The maximum atomic E-state index is 14.6. The highest BCUT2D eigenvalue weighted by atomic mass is 35.5. The molecule has 7 nitrogen and oxygen atoms in total. The van der Waals surface area contributed by atoms with Crippen molar-refractivity contribution in [2.75, 3.05) is 7.11 Å². The zero-order chi connectivity index (χ0) is 22.0. The Morgan fingerprint density at radius 2 is 2.03 bits per heavy atom. The minimum atomic E-state index is -3.12. The molecule has 0 N–H and O–H groups in total. The second kappa shape index (κ2) is 9.11. The Morgan fingerprint density at radius 3 is 2.70 bits per heavy atom. The van der Waals surface area contributed by atoms with Gasteiger partial charge in [-0.3, -0.25) is 0 Å². The summed E-state index contributed by atoms with van der Waals surface area (Å²) >= 11 is 13.4. The van der Waals surface area contributed by atoms with Crippen LogP contribution < -0.4 is 9.47 Å². The minimum Gasteiger partial charge on any atom is -0.443 e. The molecule has 0 aliphatic rings. The summed E-state index contributed by atoms with van der Waals surface area (Å²) in [6.45, 7) is -1.36. The zero-order valence-corrected chi connectivity index (χ0v) is 17.9. The largest absolute Gasteiger partial charge is 0.443 e. The maximum absolute atomic E-state index is 14.6. The van der Waals surface area contributed by atoms with Crippen molar-refractivity contribution in [3.63, 3.8) is 0 Å². The second-order valence-electron chi connectivity index (χ2n) is 5.66. The molecule has 0 fully saturated rings. The lowest BCUT2D eigenvalue weighted by Gasteiger charge is -2.09. The number of oxime groups is 1. The van der Waals surface area contributed by atoms with Crippen LogP contribution in [0.25, 0.3) is 11.3 Å². The van der Waals surface area contributed by atoms with Gasteiger partial charge in [-0.05, 0) is 19.1 Å². The highest BCUT2D eigenvalue weighted by Gasteiger charge is 2.24. The van der Waals surface area contributed by atoms with E-state index in [1.807, 2.05) is 0 Å². The number of nitrogens with zero attached hydrogens (tertiary/aromatic N) is 4. The molecule has 13 heteroatoms. The van der Waals surface area contributed by atoms with Gasteiger partial charge in [0.25, 0.3) is 0 Å². The summed E-state index contributed by atoms with van der Waals surface area (Å²) in [4.78, 5) is 8.89. The molecule has 0 spiro atoms. The zero-order valence-electron chi connectivity index (χ0n) is 15.6. The third-order valence-electron chi connectivity index (χ3n) is 3.63. The van der Waals surface area contributed by atoms with Crippen LogP contribution in [0.1, 0.15) is 10.7 Å². The van der Waals surface area contributed by atoms with E-state index in [1.54, 1.807) is 6.92 Å². The van der Waals surface area contributed by atoms with Gasteiger partial charge in [0, 0.05) is 12.6 Å². The van der Waals surface area contributed by atoms with Gasteiger partial charge in [-0.25, -0.2) is 14.1 Å². The Bertz CT molecular complexity index is 1100. The fraction of sp³-hybridized carbons (Fsp3) is 0.235. The fourth-order valence-corrected chi connectivity index (χ4v) is 3.68. The van der Waals surface area contributed by atoms with Crippen LogP contribution in [-0.2, 0) is 11.9 Å². The predicted octanol–water partition coefficient (Wildman–Crippen LogP) is 5.67. The first kappa shape index (κ1) is 22.2. The molecule has 3 rings (SSSR count). The van der Waals surface area contributed by atoms with Crippen LogP contribution in [0.5, 0.6) is 16.7 Å². The molecule has 0 aliphatic carbocycles. The number of aryl methyl sites for hydroxylation is 2. The van der Waals surface area contributed by atoms with Gasteiger partial charge in [-0.15, -0.1) is 0 Å². The van der Waals surface area contributed by atoms with Gasteiger partial charge < -0.3 is 14.3 Å². The summed E-state index contributed by atoms with van der Waals surface area (Å²) < 4.78 is 50.9. The molecule has 2 heterocycles. The summed E-state index contributed by atoms with van der Waals surface area (Å²) in [6, 6.07) is 2.26. The second-order valence-corrected chi connectivity index (χ2v) is 7.61. The van der Waals surface area contributed by atoms with E-state index in [4.69, 9.17) is 27.9 Å². The monoisotopic (exact) mass is 480 g/mol. The lowest BCUT2D eigenvalue weighted by atomic mass is 10.1. The number of hydrogen-bond acceptors (Lipinski definition) is 7. The molecule has 0 saturated carbocycles. The average Bonchev–Trinajstić information content (AvgIpc) is 3.15. The Labute approximate surface area is 182 Å². The third-order valence-corrected chi connectivity index (χ3v) is 5.13. The Kier molecular flexibility index (Phi) is 6.74. The van der Waals surface area contributed by atoms with Gasteiger partial charge in [0.15, 0.2) is 0 Å². The summed E-state index contributed by atoms with van der Waals surface area (Å²) in [7, 11) is 2.71. The molecule has 0 amide bonds. The smallest absolute Gasteiger partial charge is 0.388 e. The molecule has 0 aliphatic heterocycles. The first-order chi connectivity index (χ1) is 14.2. The van der Waals surface area contributed by atoms with Crippen molar-refractivity contribution in [1.29, 1.82) is 0 Å². The van der Waals surface area contributed by atoms with Crippen LogP contribution in [0.3, 0.4) is 0 Å². The quantitative estimate of drug-likeness (QED) is 0.321. The summed E-state index contributed by atoms with van der Waals surface area (Å²) in [5.74, 6) is -1.12. The molecular formula is C17H13Cl2F3N4O3S. The number of alkyl halides is 2. The molecule has 160 valence electrons. The van der Waals surface area contributed by atoms with E-state index in [0.29, 0.717) is 15.8 Å². The maximum Gasteiger partial charge on any atom is 0.388 e. The number of aromatic nitrogens is 3. The number of benzene rings is 1. The Balaban J connectivity index is 2.04. The SMILES string of the molecule is CON=Cc1nc(C)sc1Oc1cc(-c2nn(C)c(OC(F)F)c2Cl)c(F)cc1Cl. The van der Waals surface area contributed by atoms with E-state index in [9.17, 15) is 13.2 Å². The highest BCUT2D eigenvalue weighted by Crippen LogP contribution is 2.42. The molecule has 2 aromatic heterocycles. The molecule has 0 radical (unpaired) electrons. The minimum absolute atomic E-state index is 0.0342. The first-order valence-electron chi connectivity index (χ1n) is 8.09. The average molecular weight is 481 g/mol. The van der Waals surface area contributed by atoms with Crippen LogP contribution in [0.4, 0.5) is 13.2 Å². The molecule has 0 atom stereocenters. The molecule has 30 heavy (non-hydrogen) atoms. The van der Waals surface area contributed by atoms with Gasteiger partial charge in [0.05, 0.1) is 16.2 Å². The summed E-state index contributed by atoms with van der Waals surface area (Å²) in [5, 5.41) is 8.32. The Morgan fingerprint density at radius 1 is 1.30 bits per heavy atom. The van der Waals surface area contributed by atoms with Crippen molar-refractivity contribution < 1.29 is 27.5 Å². The van der Waals surface area contributed by atoms with Crippen molar-refractivity contribution in [1.82, 2.24) is 14.8 Å². The standard InChI is InChI=1S/C17H13Cl2F3N4O3S/c1-7-24-11(6-23-27-3)16(30-7)28-12-4-8(10(20)5-9(12)18)14-13(19)15(26(2)25-14)29-17(21)22/h4-6,17H,1-3H3. The van der Waals surface area contributed by atoms with Crippen molar-refractivity contribution in [3.8, 4) is 28.0 Å². The Hall–Kier alpha value is -2.50. The molecule has 0 unspecified atom stereocenters. The van der Waals surface area contributed by atoms with Crippen molar-refractivity contribution in [3.05, 3.63) is 38.7 Å². The topological polar surface area (TPSA) is 70.8 Å². The van der Waals surface area contributed by atoms with E-state index in [0.717, 1.165) is 10.7 Å². The van der Waals surface area contributed by atoms with Gasteiger partial charge in [-0.2, -0.15) is 13.9 Å². The normalized spacial score (nSPS) is 11.5. The van der Waals surface area contributed by atoms with Crippen LogP contribution in [-0.4, -0.2) is 34.7 Å². The molecule has 3 aromatic rings. The number of halogens is 5. The van der Waals surface area contributed by atoms with Gasteiger partial charge >= 0.3 is 6.61 Å². The van der Waals surface area contributed by atoms with Gasteiger partial charge in [0.1, 0.15) is 35.1 Å². The van der Waals surface area contributed by atoms with E-state index >= 15 is 0 Å². The summed E-state index contributed by atoms with van der Waals surface area (Å²) in [5.41, 5.74) is 0.146. The van der Waals surface area contributed by atoms with Crippen molar-refractivity contribution in [2.24, 2.45) is 12.2 Å². The lowest BCUT2D eigenvalue weighted by Crippen LogP contribution is -2.06. The molecule has 0 saturated heterocycles. The molecule has 0 bridgehead atoms. The number of thiazole rings is 1. The lowest BCUT2D eigenvalue weighted by molar-refractivity contribution is -0.0552. The predicted molar refractivity (Wildman–Crippen MR) is 107 cm³/mol. The molecule has 1 aromatic carbocycles. The van der Waals surface area contributed by atoms with Gasteiger partial charge in [0.2, 0.25) is 10.9 Å². The summed E-state index contributed by atoms with van der Waals surface area (Å²) in [6.07, 6.45) is 1.35. The van der Waals surface area contributed by atoms with E-state index in [2.05, 4.69) is 24.8 Å². The highest BCUT2D eigenvalue weighted by molar-refractivity contribution is 7.13. The van der Waals surface area contributed by atoms with E-state index < -0.39 is 18.3 Å². The van der Waals surface area contributed by atoms with E-state index in [1.165, 1.54) is 37.8 Å². The number of ether oxygens (including phenoxy) is 2. The number of hydrogen-bond donors (Lipinski definition) is 0. The fourth-order valence-electron chi connectivity index (χ4n) is 2.44. The first-order valence-corrected chi connectivity index (χ1v) is 9.67.